The van der Waals surface area contributed by atoms with Crippen LogP contribution in [-0.4, -0.2) is 32.6 Å². The van der Waals surface area contributed by atoms with E-state index in [2.05, 4.69) is 4.74 Å². The molecule has 1 aromatic rings. The van der Waals surface area contributed by atoms with Gasteiger partial charge in [-0.2, -0.15) is 13.2 Å². The quantitative estimate of drug-likeness (QED) is 0.585. The van der Waals surface area contributed by atoms with Gasteiger partial charge < -0.3 is 19.0 Å². The first-order valence-electron chi connectivity index (χ1n) is 7.29. The number of carbonyl (C=O) groups excluding carboxylic acids is 2. The van der Waals surface area contributed by atoms with Crippen LogP contribution in [0.25, 0.3) is 0 Å². The molecule has 0 N–H and O–H groups in total. The lowest BCUT2D eigenvalue weighted by Gasteiger charge is -2.31. The molecular formula is C16H17F3O5. The van der Waals surface area contributed by atoms with Gasteiger partial charge in [0.25, 0.3) is 0 Å². The van der Waals surface area contributed by atoms with Crippen LogP contribution in [0.3, 0.4) is 0 Å². The molecule has 0 spiro atoms. The Morgan fingerprint density at radius 1 is 1.38 bits per heavy atom. The molecule has 0 aromatic heterocycles. The van der Waals surface area contributed by atoms with E-state index in [-0.39, 0.29) is 31.6 Å². The molecule has 1 unspecified atom stereocenters. The molecule has 1 fully saturated rings. The molecule has 1 aliphatic rings. The van der Waals surface area contributed by atoms with Gasteiger partial charge in [-0.1, -0.05) is 12.1 Å². The van der Waals surface area contributed by atoms with Gasteiger partial charge in [0, 0.05) is 18.4 Å². The zero-order valence-electron chi connectivity index (χ0n) is 13.0. The van der Waals surface area contributed by atoms with Crippen molar-refractivity contribution >= 4 is 12.3 Å². The standard InChI is InChI=1S/C16H17F3O5/c1-22-14(21)11(5-6-20)10-15(23-7-8-24-15)12-3-2-4-13(9-12)16(17,18)19/h2-4,6,9,11H,5,7-8,10H2,1H3. The Kier molecular flexibility index (Phi) is 5.61. The molecule has 1 atom stereocenters. The van der Waals surface area contributed by atoms with E-state index in [1.807, 2.05) is 0 Å². The molecule has 0 radical (unpaired) electrons. The van der Waals surface area contributed by atoms with Crippen molar-refractivity contribution in [3.8, 4) is 0 Å². The number of methoxy groups -OCH3 is 1. The summed E-state index contributed by atoms with van der Waals surface area (Å²) in [5.41, 5.74) is -0.696. The van der Waals surface area contributed by atoms with Crippen molar-refractivity contribution in [3.63, 3.8) is 0 Å². The summed E-state index contributed by atoms with van der Waals surface area (Å²) in [6.07, 6.45) is -4.21. The summed E-state index contributed by atoms with van der Waals surface area (Å²) >= 11 is 0. The van der Waals surface area contributed by atoms with E-state index in [1.165, 1.54) is 19.2 Å². The Hall–Kier alpha value is -1.93. The third kappa shape index (κ3) is 3.93. The molecule has 1 aliphatic heterocycles. The minimum atomic E-state index is -4.51. The van der Waals surface area contributed by atoms with Gasteiger partial charge in [-0.3, -0.25) is 4.79 Å². The molecule has 1 aromatic carbocycles. The lowest BCUT2D eigenvalue weighted by Crippen LogP contribution is -2.33. The number of benzene rings is 1. The van der Waals surface area contributed by atoms with Gasteiger partial charge in [0.15, 0.2) is 5.79 Å². The van der Waals surface area contributed by atoms with Crippen LogP contribution < -0.4 is 0 Å². The van der Waals surface area contributed by atoms with Crippen LogP contribution in [0.4, 0.5) is 13.2 Å². The van der Waals surface area contributed by atoms with Crippen LogP contribution in [0.2, 0.25) is 0 Å². The topological polar surface area (TPSA) is 61.8 Å². The monoisotopic (exact) mass is 346 g/mol. The maximum absolute atomic E-state index is 12.9. The number of esters is 1. The molecule has 5 nitrogen and oxygen atoms in total. The Bertz CT molecular complexity index is 594. The van der Waals surface area contributed by atoms with Crippen LogP contribution in [0.15, 0.2) is 24.3 Å². The van der Waals surface area contributed by atoms with Crippen molar-refractivity contribution < 1.29 is 37.0 Å². The molecule has 24 heavy (non-hydrogen) atoms. The Morgan fingerprint density at radius 2 is 2.04 bits per heavy atom. The first-order chi connectivity index (χ1) is 11.3. The van der Waals surface area contributed by atoms with E-state index in [0.717, 1.165) is 12.1 Å². The van der Waals surface area contributed by atoms with E-state index in [9.17, 15) is 22.8 Å². The van der Waals surface area contributed by atoms with Gasteiger partial charge in [0.2, 0.25) is 0 Å². The summed E-state index contributed by atoms with van der Waals surface area (Å²) in [5.74, 6) is -3.03. The highest BCUT2D eigenvalue weighted by Gasteiger charge is 2.44. The number of alkyl halides is 3. The van der Waals surface area contributed by atoms with Gasteiger partial charge in [-0.05, 0) is 12.1 Å². The number of carbonyl (C=O) groups is 2. The van der Waals surface area contributed by atoms with Gasteiger partial charge in [-0.25, -0.2) is 0 Å². The Balaban J connectivity index is 2.37. The van der Waals surface area contributed by atoms with Crippen molar-refractivity contribution in [2.45, 2.75) is 24.8 Å². The van der Waals surface area contributed by atoms with Crippen molar-refractivity contribution in [2.75, 3.05) is 20.3 Å². The summed E-state index contributed by atoms with van der Waals surface area (Å²) in [7, 11) is 1.17. The van der Waals surface area contributed by atoms with Gasteiger partial charge in [0.1, 0.15) is 6.29 Å². The molecule has 132 valence electrons. The highest BCUT2D eigenvalue weighted by molar-refractivity contribution is 5.75. The summed E-state index contributed by atoms with van der Waals surface area (Å²) in [5, 5.41) is 0. The molecule has 2 rings (SSSR count). The third-order valence-corrected chi connectivity index (χ3v) is 3.81. The minimum absolute atomic E-state index is 0.111. The second kappa shape index (κ2) is 7.31. The van der Waals surface area contributed by atoms with Crippen LogP contribution in [0.1, 0.15) is 24.0 Å². The predicted octanol–water partition coefficient (Wildman–Crippen LogP) is 2.67. The Morgan fingerprint density at radius 3 is 2.58 bits per heavy atom. The fourth-order valence-electron chi connectivity index (χ4n) is 2.66. The second-order valence-electron chi connectivity index (χ2n) is 5.35. The average Bonchev–Trinajstić information content (AvgIpc) is 3.03. The number of ether oxygens (including phenoxy) is 3. The van der Waals surface area contributed by atoms with Crippen LogP contribution in [0, 0.1) is 5.92 Å². The molecule has 8 heteroatoms. The minimum Gasteiger partial charge on any atom is -0.469 e. The normalized spacial score (nSPS) is 18.2. The number of hydrogen-bond donors (Lipinski definition) is 0. The third-order valence-electron chi connectivity index (χ3n) is 3.81. The van der Waals surface area contributed by atoms with Crippen molar-refractivity contribution in [1.82, 2.24) is 0 Å². The van der Waals surface area contributed by atoms with E-state index in [1.54, 1.807) is 0 Å². The van der Waals surface area contributed by atoms with Crippen LogP contribution in [-0.2, 0) is 35.8 Å². The molecule has 0 saturated carbocycles. The van der Waals surface area contributed by atoms with E-state index < -0.39 is 29.4 Å². The maximum atomic E-state index is 12.9. The SMILES string of the molecule is COC(=O)C(CC=O)CC1(c2cccc(C(F)(F)F)c2)OCCO1. The number of aldehydes is 1. The zero-order valence-corrected chi connectivity index (χ0v) is 13.0. The van der Waals surface area contributed by atoms with Crippen molar-refractivity contribution in [1.29, 1.82) is 0 Å². The van der Waals surface area contributed by atoms with E-state index >= 15 is 0 Å². The fourth-order valence-corrected chi connectivity index (χ4v) is 2.66. The number of halogens is 3. The van der Waals surface area contributed by atoms with Crippen LogP contribution >= 0.6 is 0 Å². The summed E-state index contributed by atoms with van der Waals surface area (Å²) in [6.45, 7) is 0.344. The molecule has 1 saturated heterocycles. The lowest BCUT2D eigenvalue weighted by molar-refractivity contribution is -0.187. The first kappa shape index (κ1) is 18.4. The lowest BCUT2D eigenvalue weighted by atomic mass is 9.90. The average molecular weight is 346 g/mol. The summed E-state index contributed by atoms with van der Waals surface area (Å²) in [4.78, 5) is 22.6. The molecule has 0 bridgehead atoms. The molecule has 1 heterocycles. The van der Waals surface area contributed by atoms with Crippen molar-refractivity contribution in [3.05, 3.63) is 35.4 Å². The first-order valence-corrected chi connectivity index (χ1v) is 7.29. The number of rotatable bonds is 6. The van der Waals surface area contributed by atoms with Gasteiger partial charge >= 0.3 is 12.1 Å². The molecule has 0 aliphatic carbocycles. The molecular weight excluding hydrogens is 329 g/mol. The second-order valence-corrected chi connectivity index (χ2v) is 5.35. The van der Waals surface area contributed by atoms with Crippen LogP contribution in [0.5, 0.6) is 0 Å². The zero-order chi connectivity index (χ0) is 17.8. The maximum Gasteiger partial charge on any atom is 0.416 e. The number of hydrogen-bond acceptors (Lipinski definition) is 5. The highest BCUT2D eigenvalue weighted by atomic mass is 19.4. The largest absolute Gasteiger partial charge is 0.469 e. The fraction of sp³-hybridized carbons (Fsp3) is 0.500. The smallest absolute Gasteiger partial charge is 0.416 e. The predicted molar refractivity (Wildman–Crippen MR) is 75.8 cm³/mol. The summed E-state index contributed by atoms with van der Waals surface area (Å²) in [6, 6.07) is 4.56. The van der Waals surface area contributed by atoms with E-state index in [0.29, 0.717) is 6.29 Å². The van der Waals surface area contributed by atoms with Crippen molar-refractivity contribution in [2.24, 2.45) is 5.92 Å². The Labute approximate surface area is 136 Å². The highest BCUT2D eigenvalue weighted by Crippen LogP contribution is 2.40. The van der Waals surface area contributed by atoms with Gasteiger partial charge in [-0.15, -0.1) is 0 Å². The van der Waals surface area contributed by atoms with Gasteiger partial charge in [0.05, 0.1) is 31.8 Å². The van der Waals surface area contributed by atoms with E-state index in [4.69, 9.17) is 9.47 Å². The summed E-state index contributed by atoms with van der Waals surface area (Å²) < 4.78 is 54.6. The molecule has 0 amide bonds.